The minimum absolute atomic E-state index is 0.0895. The van der Waals surface area contributed by atoms with Crippen LogP contribution in [0.25, 0.3) is 10.8 Å². The zero-order valence-corrected chi connectivity index (χ0v) is 13.6. The molecule has 2 aromatic carbocycles. The third-order valence-corrected chi connectivity index (χ3v) is 4.68. The smallest absolute Gasteiger partial charge is 0.127 e. The van der Waals surface area contributed by atoms with E-state index in [1.807, 2.05) is 18.2 Å². The van der Waals surface area contributed by atoms with Gasteiger partial charge in [-0.15, -0.1) is 0 Å². The van der Waals surface area contributed by atoms with Crippen LogP contribution in [0.5, 0.6) is 5.75 Å². The van der Waals surface area contributed by atoms with Crippen molar-refractivity contribution in [3.05, 3.63) is 42.5 Å². The van der Waals surface area contributed by atoms with Gasteiger partial charge in [-0.3, -0.25) is 0 Å². The quantitative estimate of drug-likeness (QED) is 0.586. The lowest BCUT2D eigenvalue weighted by Crippen LogP contribution is -2.52. The third-order valence-electron chi connectivity index (χ3n) is 3.79. The standard InChI is InChI=1S/C17H19BrO3/c1-19-8-9-20-17-15(18)11-16(17)21-14-7-6-12-4-2-3-5-13(12)10-14/h2-7,10,15-17H,8-9,11H2,1H3. The largest absolute Gasteiger partial charge is 0.488 e. The third kappa shape index (κ3) is 3.39. The molecule has 3 atom stereocenters. The summed E-state index contributed by atoms with van der Waals surface area (Å²) in [5.41, 5.74) is 0. The summed E-state index contributed by atoms with van der Waals surface area (Å²) < 4.78 is 16.9. The van der Waals surface area contributed by atoms with Crippen molar-refractivity contribution in [2.75, 3.05) is 20.3 Å². The van der Waals surface area contributed by atoms with Gasteiger partial charge in [0.25, 0.3) is 0 Å². The topological polar surface area (TPSA) is 27.7 Å². The minimum Gasteiger partial charge on any atom is -0.488 e. The maximum atomic E-state index is 6.08. The molecule has 2 aromatic rings. The van der Waals surface area contributed by atoms with E-state index in [0.717, 1.165) is 12.2 Å². The zero-order valence-electron chi connectivity index (χ0n) is 12.0. The van der Waals surface area contributed by atoms with E-state index in [9.17, 15) is 0 Å². The molecule has 0 heterocycles. The Morgan fingerprint density at radius 3 is 2.67 bits per heavy atom. The fourth-order valence-corrected chi connectivity index (χ4v) is 3.40. The molecule has 1 aliphatic rings. The molecule has 112 valence electrons. The number of methoxy groups -OCH3 is 1. The molecule has 0 saturated heterocycles. The average Bonchev–Trinajstić information content (AvgIpc) is 2.51. The van der Waals surface area contributed by atoms with Gasteiger partial charge < -0.3 is 14.2 Å². The fourth-order valence-electron chi connectivity index (χ4n) is 2.54. The van der Waals surface area contributed by atoms with Crippen molar-refractivity contribution in [3.8, 4) is 5.75 Å². The molecule has 3 nitrogen and oxygen atoms in total. The summed E-state index contributed by atoms with van der Waals surface area (Å²) in [6, 6.07) is 14.5. The van der Waals surface area contributed by atoms with E-state index in [-0.39, 0.29) is 12.2 Å². The van der Waals surface area contributed by atoms with Gasteiger partial charge in [-0.05, 0) is 22.9 Å². The highest BCUT2D eigenvalue weighted by atomic mass is 79.9. The molecule has 1 saturated carbocycles. The van der Waals surface area contributed by atoms with Crippen molar-refractivity contribution >= 4 is 26.7 Å². The van der Waals surface area contributed by atoms with Gasteiger partial charge in [0.05, 0.1) is 13.2 Å². The van der Waals surface area contributed by atoms with Gasteiger partial charge in [0.2, 0.25) is 0 Å². The summed E-state index contributed by atoms with van der Waals surface area (Å²) in [5, 5.41) is 2.42. The van der Waals surface area contributed by atoms with Crippen LogP contribution in [0.3, 0.4) is 0 Å². The van der Waals surface area contributed by atoms with Gasteiger partial charge in [-0.2, -0.15) is 0 Å². The van der Waals surface area contributed by atoms with Crippen molar-refractivity contribution < 1.29 is 14.2 Å². The number of hydrogen-bond donors (Lipinski definition) is 0. The van der Waals surface area contributed by atoms with Gasteiger partial charge >= 0.3 is 0 Å². The Balaban J connectivity index is 1.64. The number of fused-ring (bicyclic) bond motifs is 1. The first-order chi connectivity index (χ1) is 10.3. The average molecular weight is 351 g/mol. The van der Waals surface area contributed by atoms with Crippen LogP contribution in [0.1, 0.15) is 6.42 Å². The lowest BCUT2D eigenvalue weighted by molar-refractivity contribution is -0.0865. The van der Waals surface area contributed by atoms with Crippen LogP contribution in [-0.2, 0) is 9.47 Å². The molecule has 3 unspecified atom stereocenters. The number of halogens is 1. The maximum absolute atomic E-state index is 6.08. The monoisotopic (exact) mass is 350 g/mol. The first kappa shape index (κ1) is 14.8. The van der Waals surface area contributed by atoms with E-state index in [0.29, 0.717) is 18.0 Å². The molecule has 0 N–H and O–H groups in total. The van der Waals surface area contributed by atoms with E-state index in [4.69, 9.17) is 14.2 Å². The molecule has 0 amide bonds. The molecule has 0 bridgehead atoms. The summed E-state index contributed by atoms with van der Waals surface area (Å²) in [6.45, 7) is 1.21. The number of rotatable bonds is 6. The summed E-state index contributed by atoms with van der Waals surface area (Å²) in [5.74, 6) is 0.901. The Kier molecular flexibility index (Phi) is 4.78. The van der Waals surface area contributed by atoms with E-state index >= 15 is 0 Å². The van der Waals surface area contributed by atoms with Crippen LogP contribution in [0.4, 0.5) is 0 Å². The summed E-state index contributed by atoms with van der Waals surface area (Å²) >= 11 is 3.63. The molecule has 21 heavy (non-hydrogen) atoms. The lowest BCUT2D eigenvalue weighted by Gasteiger charge is -2.40. The number of ether oxygens (including phenoxy) is 3. The Bertz CT molecular complexity index is 601. The van der Waals surface area contributed by atoms with Crippen molar-refractivity contribution in [2.24, 2.45) is 0 Å². The molecule has 0 aromatic heterocycles. The Morgan fingerprint density at radius 1 is 1.10 bits per heavy atom. The molecule has 3 rings (SSSR count). The second-order valence-corrected chi connectivity index (χ2v) is 6.42. The Hall–Kier alpha value is -1.10. The molecule has 0 aliphatic heterocycles. The van der Waals surface area contributed by atoms with Crippen molar-refractivity contribution in [1.82, 2.24) is 0 Å². The normalized spacial score (nSPS) is 24.8. The van der Waals surface area contributed by atoms with Crippen LogP contribution in [-0.4, -0.2) is 37.4 Å². The van der Waals surface area contributed by atoms with Crippen LogP contribution in [0, 0.1) is 0 Å². The number of alkyl halides is 1. The van der Waals surface area contributed by atoms with Crippen LogP contribution in [0.2, 0.25) is 0 Å². The van der Waals surface area contributed by atoms with Gasteiger partial charge in [0.15, 0.2) is 0 Å². The second-order valence-electron chi connectivity index (χ2n) is 5.25. The van der Waals surface area contributed by atoms with E-state index < -0.39 is 0 Å². The highest BCUT2D eigenvalue weighted by Gasteiger charge is 2.42. The molecule has 1 fully saturated rings. The minimum atomic E-state index is 0.0895. The summed E-state index contributed by atoms with van der Waals surface area (Å²) in [7, 11) is 1.68. The van der Waals surface area contributed by atoms with Gasteiger partial charge in [0.1, 0.15) is 18.0 Å². The fraction of sp³-hybridized carbons (Fsp3) is 0.412. The first-order valence-electron chi connectivity index (χ1n) is 7.18. The molecule has 0 radical (unpaired) electrons. The number of hydrogen-bond acceptors (Lipinski definition) is 3. The molecule has 0 spiro atoms. The Morgan fingerprint density at radius 2 is 1.90 bits per heavy atom. The van der Waals surface area contributed by atoms with Gasteiger partial charge in [-0.25, -0.2) is 0 Å². The number of benzene rings is 2. The van der Waals surface area contributed by atoms with Gasteiger partial charge in [-0.1, -0.05) is 46.3 Å². The summed E-state index contributed by atoms with van der Waals surface area (Å²) in [4.78, 5) is 0.361. The molecule has 4 heteroatoms. The highest BCUT2D eigenvalue weighted by Crippen LogP contribution is 2.34. The SMILES string of the molecule is COCCOC1C(Br)CC1Oc1ccc2ccccc2c1. The lowest BCUT2D eigenvalue weighted by atomic mass is 9.91. The van der Waals surface area contributed by atoms with Gasteiger partial charge in [0, 0.05) is 18.4 Å². The molecular formula is C17H19BrO3. The van der Waals surface area contributed by atoms with Crippen molar-refractivity contribution in [2.45, 2.75) is 23.5 Å². The van der Waals surface area contributed by atoms with E-state index in [2.05, 4.69) is 40.2 Å². The van der Waals surface area contributed by atoms with E-state index in [1.54, 1.807) is 7.11 Å². The Labute approximate surface area is 133 Å². The van der Waals surface area contributed by atoms with Crippen LogP contribution in [0.15, 0.2) is 42.5 Å². The first-order valence-corrected chi connectivity index (χ1v) is 8.09. The molecular weight excluding hydrogens is 332 g/mol. The van der Waals surface area contributed by atoms with E-state index in [1.165, 1.54) is 10.8 Å². The predicted octanol–water partition coefficient (Wildman–Crippen LogP) is 3.79. The van der Waals surface area contributed by atoms with Crippen molar-refractivity contribution in [3.63, 3.8) is 0 Å². The van der Waals surface area contributed by atoms with Crippen molar-refractivity contribution in [1.29, 1.82) is 0 Å². The van der Waals surface area contributed by atoms with Crippen LogP contribution < -0.4 is 4.74 Å². The second kappa shape index (κ2) is 6.77. The van der Waals surface area contributed by atoms with Crippen LogP contribution >= 0.6 is 15.9 Å². The maximum Gasteiger partial charge on any atom is 0.127 e. The predicted molar refractivity (Wildman–Crippen MR) is 87.3 cm³/mol. The zero-order chi connectivity index (χ0) is 14.7. The summed E-state index contributed by atoms with van der Waals surface area (Å²) in [6.07, 6.45) is 1.16. The molecule has 1 aliphatic carbocycles. The highest BCUT2D eigenvalue weighted by molar-refractivity contribution is 9.09.